The van der Waals surface area contributed by atoms with Crippen LogP contribution in [0.25, 0.3) is 0 Å². The maximum atomic E-state index is 12.3. The molecule has 0 unspecified atom stereocenters. The number of rotatable bonds is 5. The zero-order valence-electron chi connectivity index (χ0n) is 12.6. The van der Waals surface area contributed by atoms with Gasteiger partial charge in [-0.05, 0) is 12.0 Å². The average Bonchev–Trinajstić information content (AvgIpc) is 3.15. The molecule has 1 aromatic rings. The molecule has 2 fully saturated rings. The standard InChI is InChI=1S/C16H18N2O3S2/c19-14(10-22-9-12-4-2-1-3-5-12)17-7-6-13(8-17)18-15(20)11-23-16(18)21/h1-5,13H,6-11H2/t13-/m1/s1. The van der Waals surface area contributed by atoms with Gasteiger partial charge in [0, 0.05) is 18.8 Å². The predicted molar refractivity (Wildman–Crippen MR) is 92.3 cm³/mol. The molecule has 2 heterocycles. The van der Waals surface area contributed by atoms with Crippen molar-refractivity contribution in [3.8, 4) is 0 Å². The van der Waals surface area contributed by atoms with E-state index in [4.69, 9.17) is 0 Å². The first kappa shape index (κ1) is 16.4. The summed E-state index contributed by atoms with van der Waals surface area (Å²) in [6, 6.07) is 9.91. The van der Waals surface area contributed by atoms with Gasteiger partial charge in [0.1, 0.15) is 0 Å². The lowest BCUT2D eigenvalue weighted by molar-refractivity contribution is -0.129. The van der Waals surface area contributed by atoms with Crippen molar-refractivity contribution < 1.29 is 14.4 Å². The molecule has 0 aromatic heterocycles. The summed E-state index contributed by atoms with van der Waals surface area (Å²) in [7, 11) is 0. The molecule has 1 atom stereocenters. The van der Waals surface area contributed by atoms with E-state index in [1.54, 1.807) is 16.7 Å². The van der Waals surface area contributed by atoms with Gasteiger partial charge in [-0.3, -0.25) is 19.3 Å². The van der Waals surface area contributed by atoms with Crippen molar-refractivity contribution in [1.82, 2.24) is 9.80 Å². The van der Waals surface area contributed by atoms with Gasteiger partial charge in [0.15, 0.2) is 0 Å². The van der Waals surface area contributed by atoms with Crippen LogP contribution >= 0.6 is 23.5 Å². The lowest BCUT2D eigenvalue weighted by Crippen LogP contribution is -2.41. The fourth-order valence-electron chi connectivity index (χ4n) is 2.82. The molecule has 0 radical (unpaired) electrons. The Morgan fingerprint density at radius 2 is 2.04 bits per heavy atom. The van der Waals surface area contributed by atoms with Crippen molar-refractivity contribution in [2.45, 2.75) is 18.2 Å². The highest BCUT2D eigenvalue weighted by atomic mass is 32.2. The molecule has 0 saturated carbocycles. The third-order valence-electron chi connectivity index (χ3n) is 4.00. The Hall–Kier alpha value is -1.47. The van der Waals surface area contributed by atoms with Crippen LogP contribution in [0.5, 0.6) is 0 Å². The zero-order chi connectivity index (χ0) is 16.2. The number of carbonyl (C=O) groups excluding carboxylic acids is 3. The van der Waals surface area contributed by atoms with Gasteiger partial charge in [0.2, 0.25) is 11.8 Å². The molecular formula is C16H18N2O3S2. The largest absolute Gasteiger partial charge is 0.340 e. The Morgan fingerprint density at radius 1 is 1.26 bits per heavy atom. The lowest BCUT2D eigenvalue weighted by atomic mass is 10.2. The van der Waals surface area contributed by atoms with Crippen LogP contribution in [0, 0.1) is 0 Å². The molecule has 0 N–H and O–H groups in total. The van der Waals surface area contributed by atoms with Crippen LogP contribution in [0.3, 0.4) is 0 Å². The minimum absolute atomic E-state index is 0.0835. The summed E-state index contributed by atoms with van der Waals surface area (Å²) in [5, 5.41) is -0.173. The van der Waals surface area contributed by atoms with Crippen LogP contribution in [0.4, 0.5) is 4.79 Å². The summed E-state index contributed by atoms with van der Waals surface area (Å²) < 4.78 is 0. The van der Waals surface area contributed by atoms with Gasteiger partial charge >= 0.3 is 0 Å². The summed E-state index contributed by atoms with van der Waals surface area (Å²) in [4.78, 5) is 38.9. The van der Waals surface area contributed by atoms with Gasteiger partial charge in [0.05, 0.1) is 17.5 Å². The SMILES string of the molecule is O=C(CSCc1ccccc1)N1CC[C@@H](N2C(=O)CSC2=O)C1. The van der Waals surface area contributed by atoms with Gasteiger partial charge in [-0.1, -0.05) is 42.1 Å². The van der Waals surface area contributed by atoms with Crippen LogP contribution < -0.4 is 0 Å². The molecule has 2 aliphatic rings. The summed E-state index contributed by atoms with van der Waals surface area (Å²) in [5.74, 6) is 1.43. The van der Waals surface area contributed by atoms with Gasteiger partial charge in [-0.2, -0.15) is 0 Å². The van der Waals surface area contributed by atoms with E-state index in [0.29, 0.717) is 25.3 Å². The van der Waals surface area contributed by atoms with Crippen LogP contribution in [-0.2, 0) is 15.3 Å². The highest BCUT2D eigenvalue weighted by Gasteiger charge is 2.40. The predicted octanol–water partition coefficient (Wildman–Crippen LogP) is 2.22. The van der Waals surface area contributed by atoms with Gasteiger partial charge < -0.3 is 4.90 Å². The molecule has 3 rings (SSSR count). The Bertz CT molecular complexity index is 593. The Kier molecular flexibility index (Phi) is 5.27. The summed E-state index contributed by atoms with van der Waals surface area (Å²) in [5.41, 5.74) is 1.20. The molecule has 5 nitrogen and oxygen atoms in total. The molecule has 0 spiro atoms. The highest BCUT2D eigenvalue weighted by molar-refractivity contribution is 8.14. The van der Waals surface area contributed by atoms with E-state index in [0.717, 1.165) is 17.5 Å². The molecule has 122 valence electrons. The number of carbonyl (C=O) groups is 3. The number of amides is 3. The molecule has 7 heteroatoms. The van der Waals surface area contributed by atoms with Crippen LogP contribution in [0.1, 0.15) is 12.0 Å². The van der Waals surface area contributed by atoms with Gasteiger partial charge in [-0.25, -0.2) is 0 Å². The molecule has 2 aliphatic heterocycles. The number of imide groups is 1. The number of hydrogen-bond acceptors (Lipinski definition) is 5. The first-order valence-corrected chi connectivity index (χ1v) is 9.67. The quantitative estimate of drug-likeness (QED) is 0.815. The fraction of sp³-hybridized carbons (Fsp3) is 0.438. The maximum Gasteiger partial charge on any atom is 0.289 e. The van der Waals surface area contributed by atoms with E-state index in [1.807, 2.05) is 30.3 Å². The molecule has 1 aromatic carbocycles. The van der Waals surface area contributed by atoms with Crippen molar-refractivity contribution in [3.63, 3.8) is 0 Å². The molecule has 2 saturated heterocycles. The van der Waals surface area contributed by atoms with E-state index in [9.17, 15) is 14.4 Å². The lowest BCUT2D eigenvalue weighted by Gasteiger charge is -2.21. The number of benzene rings is 1. The Morgan fingerprint density at radius 3 is 2.74 bits per heavy atom. The maximum absolute atomic E-state index is 12.3. The third-order valence-corrected chi connectivity index (χ3v) is 5.83. The topological polar surface area (TPSA) is 57.7 Å². The Balaban J connectivity index is 1.46. The van der Waals surface area contributed by atoms with Crippen molar-refractivity contribution >= 4 is 40.6 Å². The van der Waals surface area contributed by atoms with Gasteiger partial charge in [0.25, 0.3) is 5.24 Å². The first-order chi connectivity index (χ1) is 11.1. The van der Waals surface area contributed by atoms with E-state index >= 15 is 0 Å². The second-order valence-corrected chi connectivity index (χ2v) is 7.49. The summed E-state index contributed by atoms with van der Waals surface area (Å²) >= 11 is 2.64. The third kappa shape index (κ3) is 3.90. The van der Waals surface area contributed by atoms with Crippen molar-refractivity contribution in [3.05, 3.63) is 35.9 Å². The fourth-order valence-corrected chi connectivity index (χ4v) is 4.48. The highest BCUT2D eigenvalue weighted by Crippen LogP contribution is 2.26. The normalized spacial score (nSPS) is 21.3. The van der Waals surface area contributed by atoms with E-state index in [1.165, 1.54) is 10.5 Å². The smallest absolute Gasteiger partial charge is 0.289 e. The average molecular weight is 350 g/mol. The van der Waals surface area contributed by atoms with Crippen molar-refractivity contribution in [2.75, 3.05) is 24.6 Å². The molecular weight excluding hydrogens is 332 g/mol. The number of nitrogens with zero attached hydrogens (tertiary/aromatic N) is 2. The minimum Gasteiger partial charge on any atom is -0.340 e. The molecule has 3 amide bonds. The molecule has 23 heavy (non-hydrogen) atoms. The number of likely N-dealkylation sites (tertiary alicyclic amines) is 1. The Labute approximate surface area is 143 Å². The second-order valence-electron chi connectivity index (χ2n) is 5.58. The molecule has 0 aliphatic carbocycles. The number of thioether (sulfide) groups is 2. The second kappa shape index (κ2) is 7.40. The van der Waals surface area contributed by atoms with E-state index in [2.05, 4.69) is 0 Å². The van der Waals surface area contributed by atoms with Crippen LogP contribution in [-0.4, -0.2) is 57.5 Å². The summed E-state index contributed by atoms with van der Waals surface area (Å²) in [6.45, 7) is 1.10. The van der Waals surface area contributed by atoms with Crippen molar-refractivity contribution in [2.24, 2.45) is 0 Å². The number of hydrogen-bond donors (Lipinski definition) is 0. The summed E-state index contributed by atoms with van der Waals surface area (Å²) in [6.07, 6.45) is 0.688. The van der Waals surface area contributed by atoms with Gasteiger partial charge in [-0.15, -0.1) is 11.8 Å². The minimum atomic E-state index is -0.173. The first-order valence-electron chi connectivity index (χ1n) is 7.53. The van der Waals surface area contributed by atoms with E-state index in [-0.39, 0.29) is 28.8 Å². The molecule has 0 bridgehead atoms. The zero-order valence-corrected chi connectivity index (χ0v) is 14.3. The monoisotopic (exact) mass is 350 g/mol. The van der Waals surface area contributed by atoms with Crippen LogP contribution in [0.15, 0.2) is 30.3 Å². The van der Waals surface area contributed by atoms with E-state index < -0.39 is 0 Å². The van der Waals surface area contributed by atoms with Crippen LogP contribution in [0.2, 0.25) is 0 Å². The van der Waals surface area contributed by atoms with Crippen molar-refractivity contribution in [1.29, 1.82) is 0 Å².